The van der Waals surface area contributed by atoms with Crippen LogP contribution < -0.4 is 5.32 Å². The highest BCUT2D eigenvalue weighted by atomic mass is 32.1. The van der Waals surface area contributed by atoms with Gasteiger partial charge in [-0.3, -0.25) is 4.98 Å². The predicted molar refractivity (Wildman–Crippen MR) is 88.7 cm³/mol. The highest BCUT2D eigenvalue weighted by Crippen LogP contribution is 2.29. The van der Waals surface area contributed by atoms with Crippen LogP contribution in [-0.2, 0) is 0 Å². The van der Waals surface area contributed by atoms with Gasteiger partial charge in [0.25, 0.3) is 0 Å². The Bertz CT molecular complexity index is 735. The Hall–Kier alpha value is -1.78. The first-order valence-electron chi connectivity index (χ1n) is 7.27. The predicted octanol–water partition coefficient (Wildman–Crippen LogP) is 4.09. The van der Waals surface area contributed by atoms with Crippen molar-refractivity contribution in [3.63, 3.8) is 0 Å². The molecule has 21 heavy (non-hydrogen) atoms. The molecule has 1 unspecified atom stereocenters. The molecule has 1 atom stereocenters. The first kappa shape index (κ1) is 14.2. The van der Waals surface area contributed by atoms with E-state index in [1.54, 1.807) is 11.3 Å². The van der Waals surface area contributed by atoms with Crippen LogP contribution in [0.5, 0.6) is 0 Å². The summed E-state index contributed by atoms with van der Waals surface area (Å²) in [7, 11) is 0. The minimum Gasteiger partial charge on any atom is -0.306 e. The molecular formula is C17H19N3S. The normalized spacial score (nSPS) is 12.7. The van der Waals surface area contributed by atoms with E-state index in [1.165, 1.54) is 15.8 Å². The van der Waals surface area contributed by atoms with Gasteiger partial charge in [0.1, 0.15) is 0 Å². The monoisotopic (exact) mass is 297 g/mol. The summed E-state index contributed by atoms with van der Waals surface area (Å²) in [5.74, 6) is 0. The topological polar surface area (TPSA) is 37.8 Å². The van der Waals surface area contributed by atoms with Gasteiger partial charge in [-0.25, -0.2) is 4.98 Å². The van der Waals surface area contributed by atoms with E-state index in [9.17, 15) is 0 Å². The summed E-state index contributed by atoms with van der Waals surface area (Å²) in [6, 6.07) is 10.8. The van der Waals surface area contributed by atoms with Crippen LogP contribution in [0.3, 0.4) is 0 Å². The Morgan fingerprint density at radius 1 is 1.24 bits per heavy atom. The number of rotatable bonds is 5. The van der Waals surface area contributed by atoms with Crippen molar-refractivity contribution in [3.05, 3.63) is 58.2 Å². The highest BCUT2D eigenvalue weighted by Gasteiger charge is 2.18. The molecule has 0 saturated heterocycles. The van der Waals surface area contributed by atoms with Gasteiger partial charge >= 0.3 is 0 Å². The number of pyridine rings is 1. The number of nitrogens with one attached hydrogen (secondary N) is 1. The van der Waals surface area contributed by atoms with Crippen molar-refractivity contribution in [1.82, 2.24) is 15.3 Å². The molecule has 0 spiro atoms. The average Bonchev–Trinajstić information content (AvgIpc) is 2.94. The van der Waals surface area contributed by atoms with Crippen molar-refractivity contribution in [1.29, 1.82) is 0 Å². The second-order valence-electron chi connectivity index (χ2n) is 5.14. The van der Waals surface area contributed by atoms with Gasteiger partial charge in [0.05, 0.1) is 22.8 Å². The Balaban J connectivity index is 2.03. The van der Waals surface area contributed by atoms with E-state index >= 15 is 0 Å². The molecule has 0 saturated carbocycles. The maximum Gasteiger partial charge on any atom is 0.0798 e. The van der Waals surface area contributed by atoms with E-state index in [4.69, 9.17) is 0 Å². The Morgan fingerprint density at radius 2 is 2.14 bits per heavy atom. The molecule has 2 aromatic heterocycles. The van der Waals surface area contributed by atoms with Gasteiger partial charge in [0.2, 0.25) is 0 Å². The minimum atomic E-state index is 0.210. The fraction of sp³-hybridized carbons (Fsp3) is 0.294. The first-order chi connectivity index (χ1) is 10.3. The summed E-state index contributed by atoms with van der Waals surface area (Å²) in [6.07, 6.45) is 2.95. The summed E-state index contributed by atoms with van der Waals surface area (Å²) in [5, 5.41) is 4.82. The smallest absolute Gasteiger partial charge is 0.0798 e. The van der Waals surface area contributed by atoms with Crippen molar-refractivity contribution in [3.8, 4) is 0 Å². The number of hydrogen-bond acceptors (Lipinski definition) is 4. The van der Waals surface area contributed by atoms with E-state index in [2.05, 4.69) is 53.4 Å². The van der Waals surface area contributed by atoms with Crippen LogP contribution in [0.4, 0.5) is 0 Å². The van der Waals surface area contributed by atoms with Crippen LogP contribution in [0, 0.1) is 6.92 Å². The maximum absolute atomic E-state index is 4.40. The van der Waals surface area contributed by atoms with Crippen LogP contribution in [0.25, 0.3) is 10.9 Å². The van der Waals surface area contributed by atoms with Crippen LogP contribution in [0.15, 0.2) is 42.0 Å². The Labute approximate surface area is 129 Å². The number of thiazole rings is 1. The molecule has 3 nitrogen and oxygen atoms in total. The molecule has 3 aromatic rings. The third kappa shape index (κ3) is 2.96. The summed E-state index contributed by atoms with van der Waals surface area (Å²) >= 11 is 1.72. The van der Waals surface area contributed by atoms with E-state index in [-0.39, 0.29) is 6.04 Å². The number of aryl methyl sites for hydroxylation is 1. The maximum atomic E-state index is 4.40. The second-order valence-corrected chi connectivity index (χ2v) is 6.03. The van der Waals surface area contributed by atoms with Crippen molar-refractivity contribution in [2.24, 2.45) is 0 Å². The Morgan fingerprint density at radius 3 is 2.90 bits per heavy atom. The molecule has 0 radical (unpaired) electrons. The van der Waals surface area contributed by atoms with Crippen LogP contribution >= 0.6 is 11.3 Å². The molecular weight excluding hydrogens is 278 g/mol. The van der Waals surface area contributed by atoms with Crippen LogP contribution in [0.2, 0.25) is 0 Å². The van der Waals surface area contributed by atoms with Gasteiger partial charge in [0.15, 0.2) is 0 Å². The van der Waals surface area contributed by atoms with Gasteiger partial charge in [0, 0.05) is 16.5 Å². The molecule has 1 N–H and O–H groups in total. The second kappa shape index (κ2) is 6.33. The minimum absolute atomic E-state index is 0.210. The number of hydrogen-bond donors (Lipinski definition) is 1. The lowest BCUT2D eigenvalue weighted by Gasteiger charge is -2.19. The van der Waals surface area contributed by atoms with E-state index < -0.39 is 0 Å². The van der Waals surface area contributed by atoms with E-state index in [1.807, 2.05) is 17.8 Å². The lowest BCUT2D eigenvalue weighted by Crippen LogP contribution is -2.23. The zero-order valence-corrected chi connectivity index (χ0v) is 13.2. The number of aromatic nitrogens is 2. The van der Waals surface area contributed by atoms with Gasteiger partial charge in [-0.15, -0.1) is 11.3 Å². The third-order valence-corrected chi connectivity index (χ3v) is 4.60. The van der Waals surface area contributed by atoms with Crippen molar-refractivity contribution in [2.45, 2.75) is 26.3 Å². The molecule has 0 aliphatic rings. The van der Waals surface area contributed by atoms with Crippen LogP contribution in [0.1, 0.15) is 35.5 Å². The fourth-order valence-corrected chi connectivity index (χ4v) is 3.42. The molecule has 4 heteroatoms. The lowest BCUT2D eigenvalue weighted by molar-refractivity contribution is 0.603. The molecule has 108 valence electrons. The molecule has 0 fully saturated rings. The fourth-order valence-electron chi connectivity index (χ4n) is 2.51. The summed E-state index contributed by atoms with van der Waals surface area (Å²) in [5.41, 5.74) is 5.35. The average molecular weight is 297 g/mol. The molecule has 2 heterocycles. The zero-order valence-electron chi connectivity index (χ0n) is 12.3. The zero-order chi connectivity index (χ0) is 14.7. The van der Waals surface area contributed by atoms with Crippen molar-refractivity contribution >= 4 is 22.2 Å². The number of fused-ring (bicyclic) bond motifs is 1. The molecule has 0 amide bonds. The lowest BCUT2D eigenvalue weighted by atomic mass is 10.0. The largest absolute Gasteiger partial charge is 0.306 e. The van der Waals surface area contributed by atoms with Crippen molar-refractivity contribution < 1.29 is 0 Å². The molecule has 3 rings (SSSR count). The molecule has 1 aromatic carbocycles. The highest BCUT2D eigenvalue weighted by molar-refractivity contribution is 7.09. The van der Waals surface area contributed by atoms with Gasteiger partial charge < -0.3 is 5.32 Å². The summed E-state index contributed by atoms with van der Waals surface area (Å²) in [4.78, 5) is 10.1. The standard InChI is InChI=1S/C17H19N3S/c1-3-8-19-16(17-12(2)20-11-21-17)14-6-7-15-13(10-14)5-4-9-18-15/h4-7,9-11,16,19H,3,8H2,1-2H3. The van der Waals surface area contributed by atoms with Gasteiger partial charge in [-0.05, 0) is 43.7 Å². The molecule has 0 aliphatic carbocycles. The summed E-state index contributed by atoms with van der Waals surface area (Å²) < 4.78 is 0. The molecule has 0 bridgehead atoms. The van der Waals surface area contributed by atoms with Crippen molar-refractivity contribution in [2.75, 3.05) is 6.54 Å². The summed E-state index contributed by atoms with van der Waals surface area (Å²) in [6.45, 7) is 5.26. The Kier molecular flexibility index (Phi) is 4.27. The first-order valence-corrected chi connectivity index (χ1v) is 8.15. The number of benzene rings is 1. The molecule has 0 aliphatic heterocycles. The van der Waals surface area contributed by atoms with Gasteiger partial charge in [-0.2, -0.15) is 0 Å². The SMILES string of the molecule is CCCNC(c1ccc2ncccc2c1)c1scnc1C. The number of nitrogens with zero attached hydrogens (tertiary/aromatic N) is 2. The third-order valence-electron chi connectivity index (χ3n) is 3.60. The van der Waals surface area contributed by atoms with Crippen LogP contribution in [-0.4, -0.2) is 16.5 Å². The quantitative estimate of drug-likeness (QED) is 0.771. The van der Waals surface area contributed by atoms with E-state index in [0.29, 0.717) is 0 Å². The van der Waals surface area contributed by atoms with E-state index in [0.717, 1.165) is 24.2 Å². The van der Waals surface area contributed by atoms with Gasteiger partial charge in [-0.1, -0.05) is 19.1 Å².